The van der Waals surface area contributed by atoms with Gasteiger partial charge in [-0.15, -0.1) is 0 Å². The molecule has 1 N–H and O–H groups in total. The molecule has 11 heteroatoms. The third kappa shape index (κ3) is 8.61. The number of halogens is 2. The van der Waals surface area contributed by atoms with Gasteiger partial charge in [0, 0.05) is 37.6 Å². The highest BCUT2D eigenvalue weighted by atomic mass is 79.9. The van der Waals surface area contributed by atoms with Crippen LogP contribution in [0.5, 0.6) is 0 Å². The van der Waals surface area contributed by atoms with E-state index < -0.39 is 34.5 Å². The Morgan fingerprint density at radius 3 is 2.20 bits per heavy atom. The number of carbonyl (C=O) groups is 2. The predicted octanol–water partition coefficient (Wildman–Crippen LogP) is 4.76. The molecule has 0 aliphatic heterocycles. The summed E-state index contributed by atoms with van der Waals surface area (Å²) in [6.45, 7) is 3.13. The minimum atomic E-state index is -4.28. The molecule has 0 saturated carbocycles. The number of carbonyl (C=O) groups excluding carboxylic acids is 2. The van der Waals surface area contributed by atoms with Crippen molar-refractivity contribution < 1.29 is 22.4 Å². The average molecular weight is 648 g/mol. The van der Waals surface area contributed by atoms with E-state index in [0.29, 0.717) is 6.42 Å². The molecule has 220 valence electrons. The van der Waals surface area contributed by atoms with Gasteiger partial charge in [-0.25, -0.2) is 8.70 Å². The van der Waals surface area contributed by atoms with E-state index in [2.05, 4.69) is 21.2 Å². The molecule has 8 nitrogen and oxygen atoms in total. The van der Waals surface area contributed by atoms with E-state index in [4.69, 9.17) is 0 Å². The number of hydrogen-bond donors (Lipinski definition) is 1. The fourth-order valence-electron chi connectivity index (χ4n) is 4.18. The van der Waals surface area contributed by atoms with E-state index in [-0.39, 0.29) is 30.6 Å². The Morgan fingerprint density at radius 1 is 0.951 bits per heavy atom. The van der Waals surface area contributed by atoms with Crippen molar-refractivity contribution in [3.63, 3.8) is 0 Å². The number of nitrogens with one attached hydrogen (secondary N) is 1. The fraction of sp³-hybridized carbons (Fsp3) is 0.333. The van der Waals surface area contributed by atoms with Gasteiger partial charge >= 0.3 is 10.2 Å². The van der Waals surface area contributed by atoms with Crippen LogP contribution in [0.15, 0.2) is 83.3 Å². The highest BCUT2D eigenvalue weighted by Crippen LogP contribution is 2.25. The van der Waals surface area contributed by atoms with Gasteiger partial charge in [0.25, 0.3) is 0 Å². The van der Waals surface area contributed by atoms with Crippen LogP contribution in [0.2, 0.25) is 0 Å². The highest BCUT2D eigenvalue weighted by molar-refractivity contribution is 9.10. The van der Waals surface area contributed by atoms with Crippen molar-refractivity contribution in [3.8, 4) is 0 Å². The maximum atomic E-state index is 14.9. The number of amides is 2. The van der Waals surface area contributed by atoms with Gasteiger partial charge in [0.1, 0.15) is 18.4 Å². The first kappa shape index (κ1) is 32.2. The average Bonchev–Trinajstić information content (AvgIpc) is 2.94. The van der Waals surface area contributed by atoms with Crippen LogP contribution in [-0.2, 0) is 32.8 Å². The number of para-hydroxylation sites is 1. The molecule has 0 spiro atoms. The molecule has 0 heterocycles. The molecule has 0 radical (unpaired) electrons. The Bertz CT molecular complexity index is 1440. The van der Waals surface area contributed by atoms with Crippen molar-refractivity contribution in [2.75, 3.05) is 24.9 Å². The highest BCUT2D eigenvalue weighted by Gasteiger charge is 2.35. The van der Waals surface area contributed by atoms with Crippen molar-refractivity contribution >= 4 is 43.6 Å². The lowest BCUT2D eigenvalue weighted by atomic mass is 10.0. The Balaban J connectivity index is 2.11. The summed E-state index contributed by atoms with van der Waals surface area (Å²) in [6, 6.07) is 20.9. The summed E-state index contributed by atoms with van der Waals surface area (Å²) in [6.07, 6.45) is 0.883. The van der Waals surface area contributed by atoms with Gasteiger partial charge in [-0.1, -0.05) is 77.5 Å². The van der Waals surface area contributed by atoms with E-state index in [1.807, 2.05) is 68.4 Å². The van der Waals surface area contributed by atoms with E-state index in [1.165, 1.54) is 37.2 Å². The maximum absolute atomic E-state index is 14.9. The van der Waals surface area contributed by atoms with E-state index in [9.17, 15) is 22.4 Å². The molecule has 0 aliphatic carbocycles. The van der Waals surface area contributed by atoms with Gasteiger partial charge in [-0.3, -0.25) is 9.59 Å². The van der Waals surface area contributed by atoms with Crippen LogP contribution < -0.4 is 9.62 Å². The molecule has 0 unspecified atom stereocenters. The minimum Gasteiger partial charge on any atom is -0.352 e. The van der Waals surface area contributed by atoms with Crippen LogP contribution in [0.25, 0.3) is 0 Å². The Kier molecular flexibility index (Phi) is 11.5. The van der Waals surface area contributed by atoms with Crippen LogP contribution >= 0.6 is 15.9 Å². The second-order valence-corrected chi connectivity index (χ2v) is 12.9. The molecule has 0 fully saturated rings. The van der Waals surface area contributed by atoms with Gasteiger partial charge in [0.15, 0.2) is 0 Å². The van der Waals surface area contributed by atoms with Crippen molar-refractivity contribution in [2.45, 2.75) is 45.3 Å². The van der Waals surface area contributed by atoms with Crippen LogP contribution in [0.1, 0.15) is 31.4 Å². The Hall–Kier alpha value is -3.28. The van der Waals surface area contributed by atoms with Gasteiger partial charge in [0.2, 0.25) is 11.8 Å². The van der Waals surface area contributed by atoms with Crippen LogP contribution in [0, 0.1) is 5.82 Å². The van der Waals surface area contributed by atoms with Gasteiger partial charge in [-0.2, -0.15) is 12.7 Å². The summed E-state index contributed by atoms with van der Waals surface area (Å²) in [4.78, 5) is 29.3. The summed E-state index contributed by atoms with van der Waals surface area (Å²) in [7, 11) is -1.66. The van der Waals surface area contributed by atoms with Crippen molar-refractivity contribution in [1.29, 1.82) is 0 Å². The Morgan fingerprint density at radius 2 is 1.59 bits per heavy atom. The standard InChI is InChI=1S/C30H36BrFN4O4S/c1-5-22(2)33-30(38)28(19-23-12-7-6-8-13-23)35(20-24-14-11-15-25(31)18-24)29(37)21-36(41(39,40)34(3)4)27-17-10-9-16-26(27)32/h6-18,22,28H,5,19-21H2,1-4H3,(H,33,38)/t22-,28-/m1/s1. The summed E-state index contributed by atoms with van der Waals surface area (Å²) >= 11 is 3.45. The van der Waals surface area contributed by atoms with Gasteiger partial charge in [-0.05, 0) is 48.7 Å². The minimum absolute atomic E-state index is 0.0246. The van der Waals surface area contributed by atoms with Gasteiger partial charge in [0.05, 0.1) is 5.69 Å². The topological polar surface area (TPSA) is 90.0 Å². The van der Waals surface area contributed by atoms with E-state index in [1.54, 1.807) is 0 Å². The lowest BCUT2D eigenvalue weighted by Gasteiger charge is -2.35. The van der Waals surface area contributed by atoms with Crippen molar-refractivity contribution in [2.24, 2.45) is 0 Å². The molecule has 3 rings (SSSR count). The fourth-order valence-corrected chi connectivity index (χ4v) is 5.69. The summed E-state index contributed by atoms with van der Waals surface area (Å²) in [5, 5.41) is 2.98. The van der Waals surface area contributed by atoms with E-state index in [0.717, 1.165) is 30.3 Å². The number of benzene rings is 3. The molecule has 0 bridgehead atoms. The smallest absolute Gasteiger partial charge is 0.304 e. The summed E-state index contributed by atoms with van der Waals surface area (Å²) < 4.78 is 44.1. The third-order valence-corrected chi connectivity index (χ3v) is 8.95. The molecule has 3 aromatic carbocycles. The summed E-state index contributed by atoms with van der Waals surface area (Å²) in [5.41, 5.74) is 1.30. The number of nitrogens with zero attached hydrogens (tertiary/aromatic N) is 3. The third-order valence-electron chi connectivity index (χ3n) is 6.65. The van der Waals surface area contributed by atoms with E-state index >= 15 is 0 Å². The predicted molar refractivity (Wildman–Crippen MR) is 163 cm³/mol. The zero-order valence-electron chi connectivity index (χ0n) is 23.6. The summed E-state index contributed by atoms with van der Waals surface area (Å²) in [5.74, 6) is -1.81. The number of anilines is 1. The van der Waals surface area contributed by atoms with Crippen LogP contribution in [0.3, 0.4) is 0 Å². The first-order chi connectivity index (χ1) is 19.4. The quantitative estimate of drug-likeness (QED) is 0.290. The largest absolute Gasteiger partial charge is 0.352 e. The van der Waals surface area contributed by atoms with Crippen molar-refractivity contribution in [1.82, 2.24) is 14.5 Å². The van der Waals surface area contributed by atoms with Crippen molar-refractivity contribution in [3.05, 3.63) is 100 Å². The maximum Gasteiger partial charge on any atom is 0.304 e. The van der Waals surface area contributed by atoms with Crippen LogP contribution in [-0.4, -0.2) is 62.2 Å². The molecule has 2 amide bonds. The second-order valence-electron chi connectivity index (χ2n) is 9.92. The zero-order valence-corrected chi connectivity index (χ0v) is 26.0. The lowest BCUT2D eigenvalue weighted by Crippen LogP contribution is -2.55. The normalized spacial score (nSPS) is 13.0. The van der Waals surface area contributed by atoms with Gasteiger partial charge < -0.3 is 10.2 Å². The number of hydrogen-bond acceptors (Lipinski definition) is 4. The zero-order chi connectivity index (χ0) is 30.2. The molecule has 3 aromatic rings. The molecule has 2 atom stereocenters. The molecule has 41 heavy (non-hydrogen) atoms. The Labute approximate surface area is 250 Å². The molecular weight excluding hydrogens is 611 g/mol. The first-order valence-electron chi connectivity index (χ1n) is 13.3. The number of rotatable bonds is 13. The first-order valence-corrected chi connectivity index (χ1v) is 15.5. The molecule has 0 aliphatic rings. The second kappa shape index (κ2) is 14.6. The monoisotopic (exact) mass is 646 g/mol. The molecular formula is C30H36BrFN4O4S. The molecule has 0 saturated heterocycles. The SMILES string of the molecule is CC[C@@H](C)NC(=O)[C@@H](Cc1ccccc1)N(Cc1cccc(Br)c1)C(=O)CN(c1ccccc1F)S(=O)(=O)N(C)C. The lowest BCUT2D eigenvalue weighted by molar-refractivity contribution is -0.140. The van der Waals surface area contributed by atoms with Crippen LogP contribution in [0.4, 0.5) is 10.1 Å². The molecule has 0 aromatic heterocycles.